The van der Waals surface area contributed by atoms with Crippen LogP contribution in [0.5, 0.6) is 0 Å². The Kier molecular flexibility index (Phi) is 9.35. The van der Waals surface area contributed by atoms with Gasteiger partial charge in [0.05, 0.1) is 6.04 Å². The number of alkyl carbamates (subject to hydrolysis) is 1. The average Bonchev–Trinajstić information content (AvgIpc) is 2.77. The lowest BCUT2D eigenvalue weighted by molar-refractivity contribution is -0.126. The quantitative estimate of drug-likeness (QED) is 0.560. The number of amides is 2. The lowest BCUT2D eigenvalue weighted by Crippen LogP contribution is -2.53. The van der Waals surface area contributed by atoms with E-state index < -0.39 is 24.1 Å². The van der Waals surface area contributed by atoms with Crippen molar-refractivity contribution in [1.82, 2.24) is 10.6 Å². The molecule has 2 aromatic carbocycles. The van der Waals surface area contributed by atoms with E-state index >= 15 is 0 Å². The van der Waals surface area contributed by atoms with E-state index in [1.54, 1.807) is 24.3 Å². The second kappa shape index (κ2) is 12.0. The van der Waals surface area contributed by atoms with Gasteiger partial charge in [-0.3, -0.25) is 4.79 Å². The normalized spacial score (nSPS) is 13.6. The highest BCUT2D eigenvalue weighted by molar-refractivity contribution is 6.30. The van der Waals surface area contributed by atoms with Crippen LogP contribution in [0.2, 0.25) is 5.02 Å². The molecule has 0 bridgehead atoms. The summed E-state index contributed by atoms with van der Waals surface area (Å²) in [5, 5.41) is 5.94. The highest BCUT2D eigenvalue weighted by Crippen LogP contribution is 2.12. The molecule has 0 aliphatic rings. The Morgan fingerprint density at radius 2 is 1.70 bits per heavy atom. The molecule has 0 fully saturated rings. The van der Waals surface area contributed by atoms with Gasteiger partial charge in [0.2, 0.25) is 5.91 Å². The monoisotopic (exact) mass is 430 g/mol. The van der Waals surface area contributed by atoms with Crippen LogP contribution in [0.1, 0.15) is 31.4 Å². The van der Waals surface area contributed by atoms with E-state index in [0.717, 1.165) is 11.1 Å². The number of aldehydes is 1. The van der Waals surface area contributed by atoms with E-state index in [1.807, 2.05) is 44.2 Å². The number of rotatable bonds is 10. The number of benzene rings is 2. The predicted octanol–water partition coefficient (Wildman–Crippen LogP) is 3.91. The van der Waals surface area contributed by atoms with Gasteiger partial charge in [-0.1, -0.05) is 74.3 Å². The molecule has 2 amide bonds. The molecule has 0 radical (unpaired) electrons. The van der Waals surface area contributed by atoms with Crippen molar-refractivity contribution in [1.29, 1.82) is 0 Å². The van der Waals surface area contributed by atoms with Gasteiger partial charge >= 0.3 is 6.09 Å². The van der Waals surface area contributed by atoms with E-state index in [9.17, 15) is 14.4 Å². The molecule has 0 aliphatic heterocycles. The third kappa shape index (κ3) is 7.52. The Bertz CT molecular complexity index is 827. The third-order valence-corrected chi connectivity index (χ3v) is 5.09. The van der Waals surface area contributed by atoms with Gasteiger partial charge in [-0.15, -0.1) is 0 Å². The van der Waals surface area contributed by atoms with Gasteiger partial charge in [-0.25, -0.2) is 4.79 Å². The van der Waals surface area contributed by atoms with Gasteiger partial charge in [0.1, 0.15) is 18.9 Å². The number of ether oxygens (including phenoxy) is 1. The van der Waals surface area contributed by atoms with Crippen molar-refractivity contribution in [3.05, 3.63) is 70.7 Å². The minimum atomic E-state index is -0.814. The Morgan fingerprint density at radius 1 is 1.03 bits per heavy atom. The molecule has 0 spiro atoms. The molecule has 3 atom stereocenters. The zero-order chi connectivity index (χ0) is 21.9. The molecular weight excluding hydrogens is 404 g/mol. The van der Waals surface area contributed by atoms with Crippen molar-refractivity contribution in [2.45, 2.75) is 45.4 Å². The zero-order valence-electron chi connectivity index (χ0n) is 17.1. The molecule has 3 unspecified atom stereocenters. The van der Waals surface area contributed by atoms with Crippen molar-refractivity contribution in [3.8, 4) is 0 Å². The van der Waals surface area contributed by atoms with Gasteiger partial charge in [0.15, 0.2) is 0 Å². The minimum Gasteiger partial charge on any atom is -0.445 e. The number of nitrogens with one attached hydrogen (secondary N) is 2. The van der Waals surface area contributed by atoms with E-state index in [-0.39, 0.29) is 12.5 Å². The first kappa shape index (κ1) is 23.4. The van der Waals surface area contributed by atoms with E-state index in [4.69, 9.17) is 16.3 Å². The third-order valence-electron chi connectivity index (χ3n) is 4.84. The molecule has 2 N–H and O–H groups in total. The van der Waals surface area contributed by atoms with Crippen LogP contribution in [0.4, 0.5) is 4.79 Å². The molecule has 0 aliphatic carbocycles. The summed E-state index contributed by atoms with van der Waals surface area (Å²) in [7, 11) is 0. The van der Waals surface area contributed by atoms with Crippen molar-refractivity contribution in [2.75, 3.05) is 0 Å². The maximum absolute atomic E-state index is 12.8. The SMILES string of the molecule is CCC(C)C(NC(=O)OCc1ccccc1)C(=O)NC(C=O)Cc1ccc(Cl)cc1. The summed E-state index contributed by atoms with van der Waals surface area (Å²) in [4.78, 5) is 36.5. The summed E-state index contributed by atoms with van der Waals surface area (Å²) in [5.74, 6) is -0.566. The Balaban J connectivity index is 1.96. The number of carbonyl (C=O) groups excluding carboxylic acids is 3. The Labute approximate surface area is 182 Å². The molecule has 0 saturated carbocycles. The average molecular weight is 431 g/mol. The molecule has 0 heterocycles. The second-order valence-corrected chi connectivity index (χ2v) is 7.59. The smallest absolute Gasteiger partial charge is 0.408 e. The van der Waals surface area contributed by atoms with Crippen LogP contribution in [0.25, 0.3) is 0 Å². The van der Waals surface area contributed by atoms with Crippen LogP contribution in [0.3, 0.4) is 0 Å². The summed E-state index contributed by atoms with van der Waals surface area (Å²) in [6.07, 6.45) is 1.01. The van der Waals surface area contributed by atoms with Crippen LogP contribution < -0.4 is 10.6 Å². The van der Waals surface area contributed by atoms with Crippen LogP contribution in [-0.4, -0.2) is 30.4 Å². The fraction of sp³-hybridized carbons (Fsp3) is 0.348. The number of hydrogen-bond donors (Lipinski definition) is 2. The van der Waals surface area contributed by atoms with Crippen molar-refractivity contribution in [2.24, 2.45) is 5.92 Å². The van der Waals surface area contributed by atoms with Crippen LogP contribution >= 0.6 is 11.6 Å². The molecule has 6 nitrogen and oxygen atoms in total. The molecule has 160 valence electrons. The van der Waals surface area contributed by atoms with E-state index in [1.165, 1.54) is 0 Å². The summed E-state index contributed by atoms with van der Waals surface area (Å²) < 4.78 is 5.23. The number of halogens is 1. The number of hydrogen-bond acceptors (Lipinski definition) is 4. The predicted molar refractivity (Wildman–Crippen MR) is 116 cm³/mol. The highest BCUT2D eigenvalue weighted by Gasteiger charge is 2.28. The van der Waals surface area contributed by atoms with Gasteiger partial charge in [0, 0.05) is 5.02 Å². The molecule has 2 aromatic rings. The van der Waals surface area contributed by atoms with E-state index in [2.05, 4.69) is 10.6 Å². The summed E-state index contributed by atoms with van der Waals surface area (Å²) in [5.41, 5.74) is 1.72. The van der Waals surface area contributed by atoms with Crippen LogP contribution in [0.15, 0.2) is 54.6 Å². The molecular formula is C23H27ClN2O4. The highest BCUT2D eigenvalue weighted by atomic mass is 35.5. The Morgan fingerprint density at radius 3 is 2.30 bits per heavy atom. The first-order valence-corrected chi connectivity index (χ1v) is 10.3. The lowest BCUT2D eigenvalue weighted by atomic mass is 9.97. The van der Waals surface area contributed by atoms with E-state index in [0.29, 0.717) is 24.2 Å². The van der Waals surface area contributed by atoms with Crippen LogP contribution in [-0.2, 0) is 27.4 Å². The number of carbonyl (C=O) groups is 3. The van der Waals surface area contributed by atoms with Crippen molar-refractivity contribution in [3.63, 3.8) is 0 Å². The molecule has 0 aromatic heterocycles. The van der Waals surface area contributed by atoms with Gasteiger partial charge in [-0.05, 0) is 35.6 Å². The summed E-state index contributed by atoms with van der Waals surface area (Å²) >= 11 is 5.88. The fourth-order valence-corrected chi connectivity index (χ4v) is 3.00. The van der Waals surface area contributed by atoms with Crippen molar-refractivity contribution < 1.29 is 19.1 Å². The summed E-state index contributed by atoms with van der Waals surface area (Å²) in [6, 6.07) is 14.8. The minimum absolute atomic E-state index is 0.106. The standard InChI is InChI=1S/C23H27ClN2O4/c1-3-16(2)21(26-23(29)30-15-18-7-5-4-6-8-18)22(28)25-20(14-27)13-17-9-11-19(24)12-10-17/h4-12,14,16,20-21H,3,13,15H2,1-2H3,(H,25,28)(H,26,29). The second-order valence-electron chi connectivity index (χ2n) is 7.15. The van der Waals surface area contributed by atoms with Crippen LogP contribution in [0, 0.1) is 5.92 Å². The molecule has 30 heavy (non-hydrogen) atoms. The van der Waals surface area contributed by atoms with Crippen molar-refractivity contribution >= 4 is 29.9 Å². The first-order valence-electron chi connectivity index (χ1n) is 9.90. The molecule has 2 rings (SSSR count). The zero-order valence-corrected chi connectivity index (χ0v) is 17.9. The largest absolute Gasteiger partial charge is 0.445 e. The van der Waals surface area contributed by atoms with Gasteiger partial charge in [0.25, 0.3) is 0 Å². The summed E-state index contributed by atoms with van der Waals surface area (Å²) in [6.45, 7) is 3.89. The first-order chi connectivity index (χ1) is 14.4. The maximum atomic E-state index is 12.8. The maximum Gasteiger partial charge on any atom is 0.408 e. The Hall–Kier alpha value is -2.86. The van der Waals surface area contributed by atoms with Gasteiger partial charge < -0.3 is 20.2 Å². The van der Waals surface area contributed by atoms with Gasteiger partial charge in [-0.2, -0.15) is 0 Å². The molecule has 7 heteroatoms. The lowest BCUT2D eigenvalue weighted by Gasteiger charge is -2.25. The topological polar surface area (TPSA) is 84.5 Å². The fourth-order valence-electron chi connectivity index (χ4n) is 2.87. The molecule has 0 saturated heterocycles.